The molecule has 2 heterocycles. The Morgan fingerprint density at radius 3 is 2.63 bits per heavy atom. The van der Waals surface area contributed by atoms with Gasteiger partial charge in [-0.15, -0.1) is 0 Å². The molecule has 0 unspecified atom stereocenters. The number of nitrogens with zero attached hydrogens (tertiary/aromatic N) is 1. The highest BCUT2D eigenvalue weighted by atomic mass is 79.9. The summed E-state index contributed by atoms with van der Waals surface area (Å²) in [6.07, 6.45) is 1.95. The molecule has 0 aliphatic heterocycles. The van der Waals surface area contributed by atoms with E-state index in [-0.39, 0.29) is 0 Å². The molecule has 0 atom stereocenters. The number of aromatic amines is 1. The van der Waals surface area contributed by atoms with E-state index >= 15 is 0 Å². The molecular formula is C15H17BrN2Si. The van der Waals surface area contributed by atoms with Gasteiger partial charge in [0, 0.05) is 26.8 Å². The van der Waals surface area contributed by atoms with Crippen LogP contribution in [0.4, 0.5) is 0 Å². The predicted molar refractivity (Wildman–Crippen MR) is 89.0 cm³/mol. The topological polar surface area (TPSA) is 28.7 Å². The zero-order valence-electron chi connectivity index (χ0n) is 11.6. The quantitative estimate of drug-likeness (QED) is 0.660. The van der Waals surface area contributed by atoms with Crippen LogP contribution < -0.4 is 5.32 Å². The molecule has 0 radical (unpaired) electrons. The summed E-state index contributed by atoms with van der Waals surface area (Å²) in [6.45, 7) is 9.31. The molecule has 0 amide bonds. The van der Waals surface area contributed by atoms with Gasteiger partial charge in [-0.2, -0.15) is 0 Å². The number of rotatable bonds is 1. The maximum atomic E-state index is 4.59. The first-order chi connectivity index (χ1) is 8.88. The van der Waals surface area contributed by atoms with Crippen LogP contribution in [-0.2, 0) is 0 Å². The van der Waals surface area contributed by atoms with E-state index in [0.717, 1.165) is 10.1 Å². The summed E-state index contributed by atoms with van der Waals surface area (Å²) in [4.78, 5) is 8.14. The van der Waals surface area contributed by atoms with Gasteiger partial charge >= 0.3 is 0 Å². The van der Waals surface area contributed by atoms with Gasteiger partial charge in [-0.3, -0.25) is 0 Å². The molecule has 98 valence electrons. The Bertz CT molecular complexity index is 784. The molecule has 3 aromatic rings. The van der Waals surface area contributed by atoms with E-state index in [9.17, 15) is 0 Å². The summed E-state index contributed by atoms with van der Waals surface area (Å²) in [5, 5.41) is 5.15. The van der Waals surface area contributed by atoms with E-state index < -0.39 is 8.07 Å². The molecule has 0 aliphatic rings. The van der Waals surface area contributed by atoms with Crippen LogP contribution in [-0.4, -0.2) is 18.0 Å². The summed E-state index contributed by atoms with van der Waals surface area (Å²) < 4.78 is 1.11. The Hall–Kier alpha value is -1.13. The number of pyridine rings is 1. The number of fused-ring (bicyclic) bond motifs is 3. The standard InChI is InChI=1S/C15H17BrN2Si/c1-9-13-12-7-11(16)6-5-10(12)8-17-14(13)18-15(9)19(2,3)4/h5-8H,1-4H3,(H,17,18). The van der Waals surface area contributed by atoms with E-state index in [1.807, 2.05) is 6.20 Å². The van der Waals surface area contributed by atoms with Crippen molar-refractivity contribution >= 4 is 51.1 Å². The monoisotopic (exact) mass is 332 g/mol. The fourth-order valence-corrected chi connectivity index (χ4v) is 4.85. The number of aromatic nitrogens is 2. The Morgan fingerprint density at radius 2 is 1.95 bits per heavy atom. The van der Waals surface area contributed by atoms with Crippen molar-refractivity contribution in [1.82, 2.24) is 9.97 Å². The van der Waals surface area contributed by atoms with Crippen LogP contribution in [0.25, 0.3) is 21.8 Å². The van der Waals surface area contributed by atoms with Gasteiger partial charge in [0.1, 0.15) is 5.65 Å². The zero-order valence-corrected chi connectivity index (χ0v) is 14.2. The Kier molecular flexibility index (Phi) is 2.83. The fourth-order valence-electron chi connectivity index (χ4n) is 2.75. The average molecular weight is 333 g/mol. The highest BCUT2D eigenvalue weighted by molar-refractivity contribution is 9.10. The van der Waals surface area contributed by atoms with E-state index in [0.29, 0.717) is 0 Å². The smallest absolute Gasteiger partial charge is 0.138 e. The lowest BCUT2D eigenvalue weighted by Gasteiger charge is -2.15. The van der Waals surface area contributed by atoms with E-state index in [1.54, 1.807) is 0 Å². The highest BCUT2D eigenvalue weighted by Gasteiger charge is 2.23. The Labute approximate surface area is 122 Å². The van der Waals surface area contributed by atoms with Crippen molar-refractivity contribution in [3.05, 3.63) is 34.4 Å². The van der Waals surface area contributed by atoms with Crippen molar-refractivity contribution in [2.24, 2.45) is 0 Å². The fraction of sp³-hybridized carbons (Fsp3) is 0.267. The van der Waals surface area contributed by atoms with Gasteiger partial charge in [0.25, 0.3) is 0 Å². The van der Waals surface area contributed by atoms with Gasteiger partial charge in [0.2, 0.25) is 0 Å². The molecule has 4 heteroatoms. The summed E-state index contributed by atoms with van der Waals surface area (Å²) in [6, 6.07) is 6.37. The van der Waals surface area contributed by atoms with Crippen molar-refractivity contribution in [1.29, 1.82) is 0 Å². The minimum atomic E-state index is -1.37. The zero-order chi connectivity index (χ0) is 13.8. The van der Waals surface area contributed by atoms with Crippen LogP contribution in [0.1, 0.15) is 5.56 Å². The lowest BCUT2D eigenvalue weighted by molar-refractivity contribution is 1.35. The highest BCUT2D eigenvalue weighted by Crippen LogP contribution is 2.28. The lowest BCUT2D eigenvalue weighted by atomic mass is 10.1. The first-order valence-electron chi connectivity index (χ1n) is 6.45. The summed E-state index contributed by atoms with van der Waals surface area (Å²) in [5.74, 6) is 0. The number of aryl methyl sites for hydroxylation is 1. The van der Waals surface area contributed by atoms with Crippen LogP contribution >= 0.6 is 15.9 Å². The third-order valence-corrected chi connectivity index (χ3v) is 6.09. The van der Waals surface area contributed by atoms with Crippen molar-refractivity contribution in [2.75, 3.05) is 0 Å². The van der Waals surface area contributed by atoms with Gasteiger partial charge in [-0.25, -0.2) is 4.98 Å². The van der Waals surface area contributed by atoms with Gasteiger partial charge in [0.05, 0.1) is 8.07 Å². The van der Waals surface area contributed by atoms with Crippen LogP contribution in [0.3, 0.4) is 0 Å². The number of nitrogens with one attached hydrogen (secondary N) is 1. The Balaban J connectivity index is 2.48. The van der Waals surface area contributed by atoms with Gasteiger partial charge in [0.15, 0.2) is 0 Å². The number of benzene rings is 1. The molecule has 2 nitrogen and oxygen atoms in total. The van der Waals surface area contributed by atoms with Crippen molar-refractivity contribution < 1.29 is 0 Å². The van der Waals surface area contributed by atoms with Crippen LogP contribution in [0.2, 0.25) is 19.6 Å². The van der Waals surface area contributed by atoms with Crippen LogP contribution in [0, 0.1) is 6.92 Å². The normalized spacial score (nSPS) is 12.5. The molecule has 0 saturated carbocycles. The lowest BCUT2D eigenvalue weighted by Crippen LogP contribution is -2.40. The number of H-pyrrole nitrogens is 1. The molecule has 0 aliphatic carbocycles. The minimum Gasteiger partial charge on any atom is -0.347 e. The van der Waals surface area contributed by atoms with Crippen molar-refractivity contribution in [2.45, 2.75) is 26.6 Å². The first-order valence-corrected chi connectivity index (χ1v) is 10.7. The summed E-state index contributed by atoms with van der Waals surface area (Å²) >= 11 is 3.57. The number of halogens is 1. The molecule has 0 fully saturated rings. The molecule has 0 bridgehead atoms. The minimum absolute atomic E-state index is 1.01. The summed E-state index contributed by atoms with van der Waals surface area (Å²) in [5.41, 5.74) is 2.38. The molecule has 0 saturated heterocycles. The second-order valence-electron chi connectivity index (χ2n) is 6.09. The molecule has 1 aromatic carbocycles. The van der Waals surface area contributed by atoms with Crippen LogP contribution in [0.5, 0.6) is 0 Å². The van der Waals surface area contributed by atoms with Gasteiger partial charge in [-0.1, -0.05) is 41.6 Å². The average Bonchev–Trinajstić information content (AvgIpc) is 2.67. The first kappa shape index (κ1) is 12.9. The second-order valence-corrected chi connectivity index (χ2v) is 12.0. The van der Waals surface area contributed by atoms with Gasteiger partial charge in [-0.05, 0) is 30.0 Å². The van der Waals surface area contributed by atoms with Crippen LogP contribution in [0.15, 0.2) is 28.9 Å². The van der Waals surface area contributed by atoms with E-state index in [2.05, 4.69) is 70.7 Å². The molecular weight excluding hydrogens is 316 g/mol. The van der Waals surface area contributed by atoms with Crippen molar-refractivity contribution in [3.63, 3.8) is 0 Å². The molecule has 1 N–H and O–H groups in total. The molecule has 3 rings (SSSR count). The van der Waals surface area contributed by atoms with Crippen molar-refractivity contribution in [3.8, 4) is 0 Å². The van der Waals surface area contributed by atoms with E-state index in [1.165, 1.54) is 27.0 Å². The van der Waals surface area contributed by atoms with E-state index in [4.69, 9.17) is 0 Å². The maximum Gasteiger partial charge on any atom is 0.138 e. The summed E-state index contributed by atoms with van der Waals surface area (Å²) in [7, 11) is -1.37. The number of hydrogen-bond donors (Lipinski definition) is 1. The maximum absolute atomic E-state index is 4.59. The molecule has 0 spiro atoms. The number of hydrogen-bond acceptors (Lipinski definition) is 1. The predicted octanol–water partition coefficient (Wildman–Crippen LogP) is 4.33. The molecule has 2 aromatic heterocycles. The molecule has 19 heavy (non-hydrogen) atoms. The third kappa shape index (κ3) is 2.03. The SMILES string of the molecule is Cc1c([Si](C)(C)C)[nH]c2ncc3ccc(Br)cc3c12. The second kappa shape index (κ2) is 4.18. The third-order valence-electron chi connectivity index (χ3n) is 3.60. The van der Waals surface area contributed by atoms with Gasteiger partial charge < -0.3 is 4.98 Å². The Morgan fingerprint density at radius 1 is 1.21 bits per heavy atom. The largest absolute Gasteiger partial charge is 0.347 e.